The summed E-state index contributed by atoms with van der Waals surface area (Å²) in [4.78, 5) is 12.3. The van der Waals surface area contributed by atoms with Crippen molar-refractivity contribution in [3.05, 3.63) is 24.2 Å². The fourth-order valence-electron chi connectivity index (χ4n) is 1.02. The van der Waals surface area contributed by atoms with Crippen LogP contribution in [0.2, 0.25) is 0 Å². The van der Waals surface area contributed by atoms with Gasteiger partial charge in [-0.15, -0.1) is 0 Å². The Labute approximate surface area is 70.1 Å². The van der Waals surface area contributed by atoms with Crippen LogP contribution in [-0.4, -0.2) is 24.1 Å². The number of nitrogens with zero attached hydrogens (tertiary/aromatic N) is 1. The second kappa shape index (κ2) is 3.38. The molecule has 1 heterocycles. The van der Waals surface area contributed by atoms with Crippen molar-refractivity contribution in [2.45, 2.75) is 6.92 Å². The van der Waals surface area contributed by atoms with Gasteiger partial charge in [0.1, 0.15) is 12.4 Å². The molecule has 0 aromatic carbocycles. The lowest BCUT2D eigenvalue weighted by Gasteiger charge is -2.11. The number of carbonyl (C=O) groups is 1. The number of hydrogen-bond acceptors (Lipinski definition) is 2. The van der Waals surface area contributed by atoms with Crippen molar-refractivity contribution in [3.63, 3.8) is 0 Å². The molecule has 0 unspecified atom stereocenters. The molecule has 1 aliphatic rings. The quantitative estimate of drug-likeness (QED) is 0.593. The third-order valence-corrected chi connectivity index (χ3v) is 1.55. The summed E-state index contributed by atoms with van der Waals surface area (Å²) in [6.07, 6.45) is 0.775. The number of rotatable bonds is 2. The van der Waals surface area contributed by atoms with Crippen LogP contribution < -0.4 is 0 Å². The van der Waals surface area contributed by atoms with E-state index in [-0.39, 0.29) is 0 Å². The Morgan fingerprint density at radius 3 is 2.92 bits per heavy atom. The van der Waals surface area contributed by atoms with E-state index in [1.165, 1.54) is 11.0 Å². The van der Waals surface area contributed by atoms with Gasteiger partial charge in [0.25, 0.3) is 0 Å². The maximum absolute atomic E-state index is 12.3. The van der Waals surface area contributed by atoms with E-state index < -0.39 is 11.9 Å². The molecule has 4 heteroatoms. The van der Waals surface area contributed by atoms with Crippen LogP contribution in [0.3, 0.4) is 0 Å². The zero-order chi connectivity index (χ0) is 9.14. The third kappa shape index (κ3) is 1.84. The Kier molecular flexibility index (Phi) is 2.47. The van der Waals surface area contributed by atoms with Gasteiger partial charge in [-0.2, -0.15) is 0 Å². The molecule has 0 aromatic heterocycles. The van der Waals surface area contributed by atoms with Crippen LogP contribution in [0.15, 0.2) is 24.2 Å². The van der Waals surface area contributed by atoms with E-state index in [4.69, 9.17) is 0 Å². The SMILES string of the molecule is C=C(F)/C=C(\C)N1CCOC1=O. The van der Waals surface area contributed by atoms with Gasteiger partial charge < -0.3 is 4.74 Å². The molecule has 12 heavy (non-hydrogen) atoms. The highest BCUT2D eigenvalue weighted by atomic mass is 19.1. The Bertz CT molecular complexity index is 247. The molecule has 0 spiro atoms. The number of allylic oxidation sites excluding steroid dienone is 3. The molecule has 3 nitrogen and oxygen atoms in total. The first kappa shape index (κ1) is 8.77. The predicted molar refractivity (Wildman–Crippen MR) is 42.1 cm³/mol. The summed E-state index contributed by atoms with van der Waals surface area (Å²) >= 11 is 0. The number of amides is 1. The summed E-state index contributed by atoms with van der Waals surface area (Å²) in [5.74, 6) is -0.563. The summed E-state index contributed by atoms with van der Waals surface area (Å²) in [5.41, 5.74) is 0.519. The summed E-state index contributed by atoms with van der Waals surface area (Å²) < 4.78 is 16.9. The van der Waals surface area contributed by atoms with Crippen molar-refractivity contribution in [3.8, 4) is 0 Å². The summed E-state index contributed by atoms with van der Waals surface area (Å²) in [7, 11) is 0. The van der Waals surface area contributed by atoms with Gasteiger partial charge in [0, 0.05) is 5.70 Å². The lowest BCUT2D eigenvalue weighted by Crippen LogP contribution is -2.21. The smallest absolute Gasteiger partial charge is 0.414 e. The van der Waals surface area contributed by atoms with E-state index in [0.717, 1.165) is 0 Å². The minimum atomic E-state index is -0.563. The Morgan fingerprint density at radius 2 is 2.50 bits per heavy atom. The van der Waals surface area contributed by atoms with Crippen molar-refractivity contribution in [2.75, 3.05) is 13.2 Å². The van der Waals surface area contributed by atoms with E-state index >= 15 is 0 Å². The van der Waals surface area contributed by atoms with E-state index in [0.29, 0.717) is 18.8 Å². The van der Waals surface area contributed by atoms with Gasteiger partial charge in [-0.1, -0.05) is 6.58 Å². The second-order valence-corrected chi connectivity index (χ2v) is 2.50. The average Bonchev–Trinajstić information content (AvgIpc) is 2.33. The van der Waals surface area contributed by atoms with Gasteiger partial charge >= 0.3 is 6.09 Å². The predicted octanol–water partition coefficient (Wildman–Crippen LogP) is 1.83. The van der Waals surface area contributed by atoms with Crippen LogP contribution in [0.4, 0.5) is 9.18 Å². The first-order chi connectivity index (χ1) is 5.61. The van der Waals surface area contributed by atoms with Crippen molar-refractivity contribution < 1.29 is 13.9 Å². The monoisotopic (exact) mass is 171 g/mol. The summed E-state index contributed by atoms with van der Waals surface area (Å²) in [5, 5.41) is 0. The number of halogens is 1. The topological polar surface area (TPSA) is 29.5 Å². The Balaban J connectivity index is 2.69. The van der Waals surface area contributed by atoms with Gasteiger partial charge in [-0.05, 0) is 13.0 Å². The van der Waals surface area contributed by atoms with Gasteiger partial charge in [0.05, 0.1) is 6.54 Å². The van der Waals surface area contributed by atoms with Crippen molar-refractivity contribution in [1.82, 2.24) is 4.90 Å². The largest absolute Gasteiger partial charge is 0.447 e. The Hall–Kier alpha value is -1.32. The molecule has 0 radical (unpaired) electrons. The van der Waals surface area contributed by atoms with Crippen LogP contribution >= 0.6 is 0 Å². The lowest BCUT2D eigenvalue weighted by molar-refractivity contribution is 0.164. The Morgan fingerprint density at radius 1 is 1.83 bits per heavy atom. The molecule has 0 atom stereocenters. The highest BCUT2D eigenvalue weighted by molar-refractivity contribution is 5.71. The van der Waals surface area contributed by atoms with Crippen LogP contribution in [0.1, 0.15) is 6.92 Å². The molecule has 0 saturated carbocycles. The number of cyclic esters (lactones) is 1. The minimum Gasteiger partial charge on any atom is -0.447 e. The fraction of sp³-hybridized carbons (Fsp3) is 0.375. The molecule has 1 fully saturated rings. The van der Waals surface area contributed by atoms with Crippen molar-refractivity contribution in [2.24, 2.45) is 0 Å². The minimum absolute atomic E-state index is 0.364. The third-order valence-electron chi connectivity index (χ3n) is 1.55. The normalized spacial score (nSPS) is 18.0. The van der Waals surface area contributed by atoms with Crippen LogP contribution in [0, 0.1) is 0 Å². The molecule has 1 rings (SSSR count). The van der Waals surface area contributed by atoms with E-state index in [9.17, 15) is 9.18 Å². The maximum atomic E-state index is 12.3. The van der Waals surface area contributed by atoms with E-state index in [1.54, 1.807) is 6.92 Å². The first-order valence-electron chi connectivity index (χ1n) is 3.58. The van der Waals surface area contributed by atoms with E-state index in [1.807, 2.05) is 0 Å². The summed E-state index contributed by atoms with van der Waals surface area (Å²) in [6.45, 7) is 5.55. The standard InChI is InChI=1S/C8H10FNO2/c1-6(9)5-7(2)10-3-4-12-8(10)11/h5H,1,3-4H2,2H3/b7-5+. The highest BCUT2D eigenvalue weighted by Crippen LogP contribution is 2.13. The molecule has 0 N–H and O–H groups in total. The molecule has 0 aromatic rings. The van der Waals surface area contributed by atoms with Crippen molar-refractivity contribution >= 4 is 6.09 Å². The van der Waals surface area contributed by atoms with E-state index in [2.05, 4.69) is 11.3 Å². The van der Waals surface area contributed by atoms with Crippen LogP contribution in [-0.2, 0) is 4.74 Å². The molecule has 0 bridgehead atoms. The fourth-order valence-corrected chi connectivity index (χ4v) is 1.02. The maximum Gasteiger partial charge on any atom is 0.414 e. The number of ether oxygens (including phenoxy) is 1. The van der Waals surface area contributed by atoms with Gasteiger partial charge in [0.15, 0.2) is 0 Å². The molecule has 1 aliphatic heterocycles. The zero-order valence-electron chi connectivity index (χ0n) is 6.84. The van der Waals surface area contributed by atoms with Crippen molar-refractivity contribution in [1.29, 1.82) is 0 Å². The highest BCUT2D eigenvalue weighted by Gasteiger charge is 2.22. The van der Waals surface area contributed by atoms with Crippen LogP contribution in [0.5, 0.6) is 0 Å². The average molecular weight is 171 g/mol. The summed E-state index contributed by atoms with van der Waals surface area (Å²) in [6, 6.07) is 0. The first-order valence-corrected chi connectivity index (χ1v) is 3.58. The molecular formula is C8H10FNO2. The second-order valence-electron chi connectivity index (χ2n) is 2.50. The van der Waals surface area contributed by atoms with Gasteiger partial charge in [0.2, 0.25) is 0 Å². The molecular weight excluding hydrogens is 161 g/mol. The molecule has 1 amide bonds. The molecule has 66 valence electrons. The molecule has 0 aliphatic carbocycles. The number of carbonyl (C=O) groups excluding carboxylic acids is 1. The van der Waals surface area contributed by atoms with Crippen LogP contribution in [0.25, 0.3) is 0 Å². The molecule has 1 saturated heterocycles. The lowest BCUT2D eigenvalue weighted by atomic mass is 10.3. The zero-order valence-corrected chi connectivity index (χ0v) is 6.84. The van der Waals surface area contributed by atoms with Gasteiger partial charge in [-0.3, -0.25) is 4.90 Å². The van der Waals surface area contributed by atoms with Gasteiger partial charge in [-0.25, -0.2) is 9.18 Å². The number of hydrogen-bond donors (Lipinski definition) is 0.